The lowest BCUT2D eigenvalue weighted by molar-refractivity contribution is -0.0337. The van der Waals surface area contributed by atoms with Crippen molar-refractivity contribution in [2.75, 3.05) is 19.8 Å². The molecular formula is C30H40FN5O5. The molecule has 2 fully saturated rings. The molecule has 1 saturated heterocycles. The summed E-state index contributed by atoms with van der Waals surface area (Å²) in [6.45, 7) is 10.3. The van der Waals surface area contributed by atoms with Crippen LogP contribution in [0, 0.1) is 17.7 Å². The highest BCUT2D eigenvalue weighted by atomic mass is 19.1. The molecule has 1 aliphatic heterocycles. The van der Waals surface area contributed by atoms with Crippen LogP contribution in [0.4, 0.5) is 9.18 Å². The van der Waals surface area contributed by atoms with Crippen molar-refractivity contribution in [2.24, 2.45) is 11.8 Å². The number of morpholine rings is 1. The van der Waals surface area contributed by atoms with Gasteiger partial charge < -0.3 is 24.3 Å². The normalized spacial score (nSPS) is 22.5. The Labute approximate surface area is 239 Å². The van der Waals surface area contributed by atoms with Gasteiger partial charge in [-0.3, -0.25) is 9.69 Å². The fourth-order valence-electron chi connectivity index (χ4n) is 5.83. The number of H-pyrrole nitrogens is 1. The molecule has 2 N–H and O–H groups in total. The van der Waals surface area contributed by atoms with Crippen molar-refractivity contribution in [1.29, 1.82) is 0 Å². The number of amides is 2. The summed E-state index contributed by atoms with van der Waals surface area (Å²) in [6, 6.07) is 2.33. The molecule has 1 aliphatic carbocycles. The molecule has 3 heterocycles. The van der Waals surface area contributed by atoms with Gasteiger partial charge >= 0.3 is 6.09 Å². The number of nitrogens with zero attached hydrogens (tertiary/aromatic N) is 3. The van der Waals surface area contributed by atoms with Crippen LogP contribution in [0.2, 0.25) is 0 Å². The van der Waals surface area contributed by atoms with Crippen LogP contribution in [0.3, 0.4) is 0 Å². The van der Waals surface area contributed by atoms with Crippen LogP contribution < -0.4 is 5.32 Å². The molecule has 11 heteroatoms. The number of ether oxygens (including phenoxy) is 2. The number of aromatic amines is 1. The van der Waals surface area contributed by atoms with Crippen molar-refractivity contribution < 1.29 is 28.0 Å². The zero-order chi connectivity index (χ0) is 29.3. The van der Waals surface area contributed by atoms with Crippen molar-refractivity contribution in [3.05, 3.63) is 46.9 Å². The molecule has 3 aromatic rings. The van der Waals surface area contributed by atoms with Crippen molar-refractivity contribution in [3.63, 3.8) is 0 Å². The number of carbonyl (C=O) groups excluding carboxylic acids is 2. The number of rotatable bonds is 6. The number of hydrogen-bond donors (Lipinski definition) is 2. The van der Waals surface area contributed by atoms with E-state index in [1.807, 2.05) is 6.92 Å². The van der Waals surface area contributed by atoms with Crippen molar-refractivity contribution in [2.45, 2.75) is 84.4 Å². The summed E-state index contributed by atoms with van der Waals surface area (Å²) < 4.78 is 32.4. The summed E-state index contributed by atoms with van der Waals surface area (Å²) in [7, 11) is 0. The van der Waals surface area contributed by atoms with Gasteiger partial charge in [0.1, 0.15) is 28.8 Å². The first kappa shape index (κ1) is 29.0. The summed E-state index contributed by atoms with van der Waals surface area (Å²) in [5.74, 6) is 0.443. The van der Waals surface area contributed by atoms with Gasteiger partial charge in [0.2, 0.25) is 0 Å². The van der Waals surface area contributed by atoms with E-state index in [0.717, 1.165) is 25.7 Å². The Kier molecular flexibility index (Phi) is 8.35. The highest BCUT2D eigenvalue weighted by Gasteiger charge is 2.36. The van der Waals surface area contributed by atoms with Crippen molar-refractivity contribution >= 4 is 23.0 Å². The smallest absolute Gasteiger partial charge is 0.410 e. The Morgan fingerprint density at radius 2 is 2.00 bits per heavy atom. The van der Waals surface area contributed by atoms with Crippen LogP contribution in [0.5, 0.6) is 0 Å². The largest absolute Gasteiger partial charge is 0.444 e. The van der Waals surface area contributed by atoms with E-state index in [1.165, 1.54) is 11.2 Å². The first-order valence-corrected chi connectivity index (χ1v) is 14.5. The number of carbonyl (C=O) groups is 2. The van der Waals surface area contributed by atoms with Gasteiger partial charge in [-0.25, -0.2) is 14.2 Å². The molecule has 2 aliphatic rings. The lowest BCUT2D eigenvalue weighted by Gasteiger charge is -2.36. The van der Waals surface area contributed by atoms with Gasteiger partial charge in [-0.1, -0.05) is 37.9 Å². The first-order chi connectivity index (χ1) is 19.6. The predicted octanol–water partition coefficient (Wildman–Crippen LogP) is 5.86. The van der Waals surface area contributed by atoms with Gasteiger partial charge in [-0.05, 0) is 57.9 Å². The molecule has 2 aromatic heterocycles. The van der Waals surface area contributed by atoms with Gasteiger partial charge in [0.25, 0.3) is 5.91 Å². The average Bonchev–Trinajstić information content (AvgIpc) is 3.59. The number of nitrogens with one attached hydrogen (secondary N) is 2. The molecule has 10 nitrogen and oxygen atoms in total. The molecule has 222 valence electrons. The van der Waals surface area contributed by atoms with E-state index >= 15 is 4.39 Å². The Bertz CT molecular complexity index is 1390. The number of fused-ring (bicyclic) bond motifs is 1. The number of benzene rings is 1. The van der Waals surface area contributed by atoms with Crippen LogP contribution >= 0.6 is 0 Å². The van der Waals surface area contributed by atoms with Gasteiger partial charge in [0, 0.05) is 12.1 Å². The number of aryl methyl sites for hydroxylation is 1. The van der Waals surface area contributed by atoms with Crippen molar-refractivity contribution in [1.82, 2.24) is 25.3 Å². The zero-order valence-electron chi connectivity index (χ0n) is 24.5. The van der Waals surface area contributed by atoms with Crippen LogP contribution in [0.15, 0.2) is 22.9 Å². The number of halogens is 1. The second kappa shape index (κ2) is 11.8. The van der Waals surface area contributed by atoms with Crippen molar-refractivity contribution in [3.8, 4) is 0 Å². The quantitative estimate of drug-likeness (QED) is 0.381. The lowest BCUT2D eigenvalue weighted by atomic mass is 9.79. The zero-order valence-corrected chi connectivity index (χ0v) is 24.5. The fraction of sp³-hybridized carbons (Fsp3) is 0.600. The third-order valence-electron chi connectivity index (χ3n) is 8.09. The minimum absolute atomic E-state index is 0.137. The number of aromatic nitrogens is 3. The molecule has 41 heavy (non-hydrogen) atoms. The Morgan fingerprint density at radius 3 is 2.71 bits per heavy atom. The summed E-state index contributed by atoms with van der Waals surface area (Å²) in [6.07, 6.45) is 5.35. The summed E-state index contributed by atoms with van der Waals surface area (Å²) in [5, 5.41) is 7.09. The van der Waals surface area contributed by atoms with E-state index in [1.54, 1.807) is 32.9 Å². The van der Waals surface area contributed by atoms with E-state index in [2.05, 4.69) is 22.4 Å². The second-order valence-corrected chi connectivity index (χ2v) is 12.3. The highest BCUT2D eigenvalue weighted by Crippen LogP contribution is 2.38. The van der Waals surface area contributed by atoms with Gasteiger partial charge in [-0.15, -0.1) is 0 Å². The molecule has 0 spiro atoms. The minimum Gasteiger partial charge on any atom is -0.444 e. The topological polar surface area (TPSA) is 123 Å². The number of hydrogen-bond acceptors (Lipinski definition) is 7. The lowest BCUT2D eigenvalue weighted by Crippen LogP contribution is -2.46. The van der Waals surface area contributed by atoms with Gasteiger partial charge in [-0.2, -0.15) is 0 Å². The van der Waals surface area contributed by atoms with Crippen LogP contribution in [-0.2, 0) is 15.9 Å². The molecule has 1 aromatic carbocycles. The second-order valence-electron chi connectivity index (χ2n) is 12.3. The van der Waals surface area contributed by atoms with Crippen LogP contribution in [0.25, 0.3) is 11.0 Å². The van der Waals surface area contributed by atoms with Crippen LogP contribution in [0.1, 0.15) is 99.8 Å². The molecular weight excluding hydrogens is 529 g/mol. The molecule has 0 radical (unpaired) electrons. The highest BCUT2D eigenvalue weighted by molar-refractivity contribution is 5.95. The maximum atomic E-state index is 16.2. The van der Waals surface area contributed by atoms with E-state index < -0.39 is 29.6 Å². The Hall–Kier alpha value is -3.47. The third kappa shape index (κ3) is 6.24. The van der Waals surface area contributed by atoms with Gasteiger partial charge in [0.05, 0.1) is 36.5 Å². The maximum absolute atomic E-state index is 16.2. The average molecular weight is 570 g/mol. The standard InChI is InChI=1S/C30H40FN5O5/c1-6-21-20(15-40-35-21)28(37)34-25(18-9-7-17(2)8-10-18)27-32-22-12-11-19(24(31)26(22)33-27)23-16-39-14-13-36(23)29(38)41-30(3,4)5/h11-12,15,17-18,23,25H,6-10,13-14,16H2,1-5H3,(H,32,33)(H,34,37)/t17-,18-,23-,25-/m0/s1. The Morgan fingerprint density at radius 1 is 1.24 bits per heavy atom. The molecule has 2 amide bonds. The fourth-order valence-corrected chi connectivity index (χ4v) is 5.83. The van der Waals surface area contributed by atoms with E-state index in [0.29, 0.717) is 53.7 Å². The van der Waals surface area contributed by atoms with E-state index in [9.17, 15) is 9.59 Å². The first-order valence-electron chi connectivity index (χ1n) is 14.5. The monoisotopic (exact) mass is 569 g/mol. The van der Waals surface area contributed by atoms with E-state index in [4.69, 9.17) is 19.0 Å². The van der Waals surface area contributed by atoms with Crippen LogP contribution in [-0.4, -0.2) is 57.4 Å². The molecule has 0 unspecified atom stereocenters. The summed E-state index contributed by atoms with van der Waals surface area (Å²) in [4.78, 5) is 35.8. The number of imidazole rings is 1. The molecule has 0 bridgehead atoms. The van der Waals surface area contributed by atoms with E-state index in [-0.39, 0.29) is 23.9 Å². The summed E-state index contributed by atoms with van der Waals surface area (Å²) >= 11 is 0. The SMILES string of the molecule is CCc1nocc1C(=O)N[C@H](c1nc2c(F)c([C@@H]3COCCN3C(=O)OC(C)(C)C)ccc2[nH]1)[C@H]1CC[C@H](C)CC1. The summed E-state index contributed by atoms with van der Waals surface area (Å²) in [5.41, 5.74) is 1.29. The maximum Gasteiger partial charge on any atom is 0.410 e. The third-order valence-corrected chi connectivity index (χ3v) is 8.09. The molecule has 2 atom stereocenters. The predicted molar refractivity (Wildman–Crippen MR) is 150 cm³/mol. The van der Waals surface area contributed by atoms with Gasteiger partial charge in [0.15, 0.2) is 5.82 Å². The Balaban J connectivity index is 1.47. The minimum atomic E-state index is -0.680. The molecule has 5 rings (SSSR count). The molecule has 1 saturated carbocycles.